The van der Waals surface area contributed by atoms with Crippen molar-refractivity contribution in [1.82, 2.24) is 19.1 Å². The van der Waals surface area contributed by atoms with Crippen LogP contribution in [-0.4, -0.2) is 53.0 Å². The lowest BCUT2D eigenvalue weighted by atomic mass is 10.1. The lowest BCUT2D eigenvalue weighted by molar-refractivity contribution is 0.182. The number of sulfonamides is 1. The Morgan fingerprint density at radius 1 is 1.42 bits per heavy atom. The quantitative estimate of drug-likeness (QED) is 0.776. The van der Waals surface area contributed by atoms with Crippen LogP contribution in [0.1, 0.15) is 25.1 Å². The van der Waals surface area contributed by atoms with E-state index < -0.39 is 15.3 Å². The third kappa shape index (κ3) is 2.99. The molecule has 24 heavy (non-hydrogen) atoms. The molecule has 0 spiro atoms. The SMILES string of the molecule is COCCn1nc(-c2cocn2)c2c1CCN(S(=O)(=O)C(C)C)C2. The molecule has 2 aromatic rings. The van der Waals surface area contributed by atoms with Gasteiger partial charge >= 0.3 is 0 Å². The number of rotatable bonds is 6. The maximum atomic E-state index is 12.5. The maximum absolute atomic E-state index is 12.5. The van der Waals surface area contributed by atoms with E-state index in [1.165, 1.54) is 17.0 Å². The number of aromatic nitrogens is 3. The molecule has 0 saturated heterocycles. The zero-order chi connectivity index (χ0) is 17.3. The van der Waals surface area contributed by atoms with E-state index in [1.807, 2.05) is 4.68 Å². The minimum Gasteiger partial charge on any atom is -0.451 e. The van der Waals surface area contributed by atoms with Gasteiger partial charge < -0.3 is 9.15 Å². The molecule has 1 aliphatic heterocycles. The lowest BCUT2D eigenvalue weighted by Crippen LogP contribution is -2.40. The normalized spacial score (nSPS) is 15.8. The molecule has 0 amide bonds. The summed E-state index contributed by atoms with van der Waals surface area (Å²) in [5.74, 6) is 0. The molecule has 3 rings (SSSR count). The Kier molecular flexibility index (Phi) is 4.75. The second kappa shape index (κ2) is 6.66. The molecule has 0 saturated carbocycles. The number of nitrogens with zero attached hydrogens (tertiary/aromatic N) is 4. The lowest BCUT2D eigenvalue weighted by Gasteiger charge is -2.28. The van der Waals surface area contributed by atoms with Crippen LogP contribution < -0.4 is 0 Å². The van der Waals surface area contributed by atoms with Crippen molar-refractivity contribution in [2.75, 3.05) is 20.3 Å². The van der Waals surface area contributed by atoms with Gasteiger partial charge in [0.15, 0.2) is 6.39 Å². The first kappa shape index (κ1) is 17.1. The monoisotopic (exact) mass is 354 g/mol. The van der Waals surface area contributed by atoms with Crippen molar-refractivity contribution in [3.8, 4) is 11.4 Å². The minimum atomic E-state index is -3.31. The zero-order valence-corrected chi connectivity index (χ0v) is 14.9. The van der Waals surface area contributed by atoms with E-state index in [0.717, 1.165) is 11.3 Å². The third-order valence-electron chi connectivity index (χ3n) is 4.24. The van der Waals surface area contributed by atoms with Crippen LogP contribution in [-0.2, 0) is 34.3 Å². The van der Waals surface area contributed by atoms with E-state index in [0.29, 0.717) is 44.0 Å². The van der Waals surface area contributed by atoms with E-state index in [9.17, 15) is 8.42 Å². The van der Waals surface area contributed by atoms with E-state index in [2.05, 4.69) is 10.1 Å². The number of methoxy groups -OCH3 is 1. The highest BCUT2D eigenvalue weighted by Gasteiger charge is 2.33. The predicted octanol–water partition coefficient (Wildman–Crippen LogP) is 1.28. The Morgan fingerprint density at radius 3 is 2.83 bits per heavy atom. The topological polar surface area (TPSA) is 90.5 Å². The summed E-state index contributed by atoms with van der Waals surface area (Å²) in [7, 11) is -1.66. The molecule has 0 bridgehead atoms. The highest BCUT2D eigenvalue weighted by atomic mass is 32.2. The fourth-order valence-electron chi connectivity index (χ4n) is 2.88. The first-order valence-electron chi connectivity index (χ1n) is 7.90. The van der Waals surface area contributed by atoms with Crippen LogP contribution in [0.25, 0.3) is 11.4 Å². The van der Waals surface area contributed by atoms with Crippen LogP contribution in [0, 0.1) is 0 Å². The summed E-state index contributed by atoms with van der Waals surface area (Å²) in [6.45, 7) is 5.33. The van der Waals surface area contributed by atoms with Gasteiger partial charge in [-0.05, 0) is 13.8 Å². The van der Waals surface area contributed by atoms with Crippen LogP contribution in [0.15, 0.2) is 17.1 Å². The van der Waals surface area contributed by atoms with Gasteiger partial charge in [-0.3, -0.25) is 4.68 Å². The minimum absolute atomic E-state index is 0.311. The third-order valence-corrected chi connectivity index (χ3v) is 6.46. The van der Waals surface area contributed by atoms with Crippen molar-refractivity contribution >= 4 is 10.0 Å². The van der Waals surface area contributed by atoms with Crippen molar-refractivity contribution < 1.29 is 17.6 Å². The van der Waals surface area contributed by atoms with Crippen LogP contribution >= 0.6 is 0 Å². The predicted molar refractivity (Wildman–Crippen MR) is 87.8 cm³/mol. The molecular formula is C15H22N4O4S. The molecule has 0 atom stereocenters. The van der Waals surface area contributed by atoms with Gasteiger partial charge in [-0.25, -0.2) is 13.4 Å². The highest BCUT2D eigenvalue weighted by molar-refractivity contribution is 7.89. The van der Waals surface area contributed by atoms with Crippen LogP contribution in [0.5, 0.6) is 0 Å². The van der Waals surface area contributed by atoms with E-state index >= 15 is 0 Å². The molecule has 0 fully saturated rings. The van der Waals surface area contributed by atoms with Gasteiger partial charge in [0.25, 0.3) is 0 Å². The Labute approximate surface area is 141 Å². The van der Waals surface area contributed by atoms with E-state index in [-0.39, 0.29) is 0 Å². The second-order valence-corrected chi connectivity index (χ2v) is 8.53. The summed E-state index contributed by atoms with van der Waals surface area (Å²) in [6.07, 6.45) is 3.50. The molecule has 0 aromatic carbocycles. The molecule has 0 N–H and O–H groups in total. The Morgan fingerprint density at radius 2 is 2.21 bits per heavy atom. The van der Waals surface area contributed by atoms with Crippen LogP contribution in [0.4, 0.5) is 0 Å². The molecule has 132 valence electrons. The first-order valence-corrected chi connectivity index (χ1v) is 9.40. The largest absolute Gasteiger partial charge is 0.451 e. The van der Waals surface area contributed by atoms with Crippen molar-refractivity contribution in [3.05, 3.63) is 23.9 Å². The summed E-state index contributed by atoms with van der Waals surface area (Å²) in [4.78, 5) is 4.17. The zero-order valence-electron chi connectivity index (χ0n) is 14.1. The van der Waals surface area contributed by atoms with Gasteiger partial charge in [0.2, 0.25) is 10.0 Å². The maximum Gasteiger partial charge on any atom is 0.216 e. The standard InChI is InChI=1S/C15H22N4O4S/c1-11(2)24(20,21)18-5-4-14-12(8-18)15(13-9-23-10-16-13)17-19(14)6-7-22-3/h9-11H,4-8H2,1-3H3. The molecule has 2 aromatic heterocycles. The molecule has 9 heteroatoms. The average molecular weight is 354 g/mol. The van der Waals surface area contributed by atoms with Crippen LogP contribution in [0.3, 0.4) is 0 Å². The van der Waals surface area contributed by atoms with E-state index in [1.54, 1.807) is 21.0 Å². The Balaban J connectivity index is 2.01. The highest BCUT2D eigenvalue weighted by Crippen LogP contribution is 2.31. The van der Waals surface area contributed by atoms with Gasteiger partial charge in [0.1, 0.15) is 17.7 Å². The Hall–Kier alpha value is -1.71. The molecule has 0 unspecified atom stereocenters. The molecule has 8 nitrogen and oxygen atoms in total. The second-order valence-electron chi connectivity index (χ2n) is 6.04. The summed E-state index contributed by atoms with van der Waals surface area (Å²) < 4.78 is 38.7. The Bertz CT molecular complexity index is 796. The molecule has 0 aliphatic carbocycles. The molecule has 1 aliphatic rings. The van der Waals surface area contributed by atoms with Crippen molar-refractivity contribution in [1.29, 1.82) is 0 Å². The van der Waals surface area contributed by atoms with Gasteiger partial charge in [-0.2, -0.15) is 9.40 Å². The molecular weight excluding hydrogens is 332 g/mol. The van der Waals surface area contributed by atoms with Crippen LogP contribution in [0.2, 0.25) is 0 Å². The number of oxazole rings is 1. The summed E-state index contributed by atoms with van der Waals surface area (Å²) in [6, 6.07) is 0. The number of hydrogen-bond donors (Lipinski definition) is 0. The molecule has 3 heterocycles. The van der Waals surface area contributed by atoms with Gasteiger partial charge in [-0.1, -0.05) is 0 Å². The smallest absolute Gasteiger partial charge is 0.216 e. The summed E-state index contributed by atoms with van der Waals surface area (Å²) >= 11 is 0. The fraction of sp³-hybridized carbons (Fsp3) is 0.600. The number of ether oxygens (including phenoxy) is 1. The number of fused-ring (bicyclic) bond motifs is 1. The number of hydrogen-bond acceptors (Lipinski definition) is 6. The van der Waals surface area contributed by atoms with Gasteiger partial charge in [0.05, 0.1) is 18.4 Å². The molecule has 0 radical (unpaired) electrons. The summed E-state index contributed by atoms with van der Waals surface area (Å²) in [5, 5.41) is 4.18. The fourth-order valence-corrected chi connectivity index (χ4v) is 4.13. The van der Waals surface area contributed by atoms with E-state index in [4.69, 9.17) is 9.15 Å². The van der Waals surface area contributed by atoms with Crippen molar-refractivity contribution in [2.45, 2.75) is 38.6 Å². The van der Waals surface area contributed by atoms with Gasteiger partial charge in [-0.15, -0.1) is 0 Å². The average Bonchev–Trinajstić information content (AvgIpc) is 3.19. The first-order chi connectivity index (χ1) is 11.4. The van der Waals surface area contributed by atoms with Gasteiger partial charge in [0, 0.05) is 37.9 Å². The van der Waals surface area contributed by atoms with Crippen molar-refractivity contribution in [2.24, 2.45) is 0 Å². The van der Waals surface area contributed by atoms with Crippen molar-refractivity contribution in [3.63, 3.8) is 0 Å². The summed E-state index contributed by atoms with van der Waals surface area (Å²) in [5.41, 5.74) is 3.24.